The molecule has 8 nitrogen and oxygen atoms in total. The molecule has 0 spiro atoms. The fraction of sp³-hybridized carbons (Fsp3) is 0.909. The Kier molecular flexibility index (Phi) is 5.10. The van der Waals surface area contributed by atoms with Crippen LogP contribution < -0.4 is 0 Å². The van der Waals surface area contributed by atoms with Crippen molar-refractivity contribution in [1.29, 1.82) is 0 Å². The maximum atomic E-state index is 12.2. The minimum Gasteiger partial charge on any atom is -0.447 e. The first-order valence-electron chi connectivity index (χ1n) is 6.74. The van der Waals surface area contributed by atoms with Crippen molar-refractivity contribution < 1.29 is 26.9 Å². The summed E-state index contributed by atoms with van der Waals surface area (Å²) in [4.78, 5) is 13.3. The van der Waals surface area contributed by atoms with Gasteiger partial charge in [0, 0.05) is 19.7 Å². The SMILES string of the molecule is CS(=O)(=O)N=S1(=O)CCN(C(=O)OCC2CCCO2)CC1. The van der Waals surface area contributed by atoms with Crippen LogP contribution in [-0.2, 0) is 29.2 Å². The van der Waals surface area contributed by atoms with Gasteiger partial charge in [0.2, 0.25) is 0 Å². The Hall–Kier alpha value is -0.870. The van der Waals surface area contributed by atoms with E-state index in [0.29, 0.717) is 6.61 Å². The Labute approximate surface area is 125 Å². The molecule has 21 heavy (non-hydrogen) atoms. The molecule has 2 aliphatic rings. The van der Waals surface area contributed by atoms with Gasteiger partial charge in [0.1, 0.15) is 6.61 Å². The lowest BCUT2D eigenvalue weighted by Crippen LogP contribution is -2.44. The fourth-order valence-electron chi connectivity index (χ4n) is 2.25. The number of hydrogen-bond donors (Lipinski definition) is 0. The number of nitrogens with zero attached hydrogens (tertiary/aromatic N) is 2. The molecule has 2 aliphatic heterocycles. The highest BCUT2D eigenvalue weighted by molar-refractivity contribution is 8.03. The summed E-state index contributed by atoms with van der Waals surface area (Å²) in [6, 6.07) is 0. The van der Waals surface area contributed by atoms with Crippen molar-refractivity contribution in [3.05, 3.63) is 0 Å². The molecule has 1 unspecified atom stereocenters. The molecule has 0 radical (unpaired) electrons. The Balaban J connectivity index is 1.84. The minimum absolute atomic E-state index is 0.0387. The van der Waals surface area contributed by atoms with Gasteiger partial charge in [-0.2, -0.15) is 0 Å². The van der Waals surface area contributed by atoms with E-state index in [2.05, 4.69) is 3.77 Å². The molecule has 2 heterocycles. The molecule has 0 aliphatic carbocycles. The van der Waals surface area contributed by atoms with Crippen molar-refractivity contribution in [3.8, 4) is 0 Å². The first-order chi connectivity index (χ1) is 9.77. The lowest BCUT2D eigenvalue weighted by atomic mass is 10.2. The monoisotopic (exact) mass is 340 g/mol. The second-order valence-corrected chi connectivity index (χ2v) is 9.61. The van der Waals surface area contributed by atoms with Gasteiger partial charge in [0.05, 0.1) is 33.6 Å². The Morgan fingerprint density at radius 2 is 2.10 bits per heavy atom. The number of rotatable bonds is 3. The summed E-state index contributed by atoms with van der Waals surface area (Å²) in [7, 11) is -6.42. The van der Waals surface area contributed by atoms with E-state index in [1.807, 2.05) is 0 Å². The highest BCUT2D eigenvalue weighted by Crippen LogP contribution is 2.14. The van der Waals surface area contributed by atoms with Gasteiger partial charge in [-0.05, 0) is 12.8 Å². The Morgan fingerprint density at radius 3 is 2.62 bits per heavy atom. The summed E-state index contributed by atoms with van der Waals surface area (Å²) in [5.41, 5.74) is 0. The van der Waals surface area contributed by atoms with E-state index in [1.165, 1.54) is 4.90 Å². The molecular formula is C11H20N2O6S2. The van der Waals surface area contributed by atoms with Gasteiger partial charge in [0.15, 0.2) is 0 Å². The zero-order chi connectivity index (χ0) is 15.5. The number of carbonyl (C=O) groups is 1. The van der Waals surface area contributed by atoms with Gasteiger partial charge in [-0.3, -0.25) is 0 Å². The lowest BCUT2D eigenvalue weighted by Gasteiger charge is -2.28. The lowest BCUT2D eigenvalue weighted by molar-refractivity contribution is 0.0309. The van der Waals surface area contributed by atoms with Gasteiger partial charge < -0.3 is 14.4 Å². The van der Waals surface area contributed by atoms with Crippen LogP contribution in [0.1, 0.15) is 12.8 Å². The molecule has 2 rings (SSSR count). The molecule has 2 saturated heterocycles. The van der Waals surface area contributed by atoms with E-state index < -0.39 is 25.8 Å². The van der Waals surface area contributed by atoms with Crippen molar-refractivity contribution in [2.45, 2.75) is 18.9 Å². The van der Waals surface area contributed by atoms with Crippen LogP contribution in [0.2, 0.25) is 0 Å². The molecule has 1 atom stereocenters. The number of hydrogen-bond acceptors (Lipinski definition) is 6. The molecule has 0 aromatic heterocycles. The van der Waals surface area contributed by atoms with Crippen LogP contribution in [0.5, 0.6) is 0 Å². The number of carbonyl (C=O) groups excluding carboxylic acids is 1. The number of ether oxygens (including phenoxy) is 2. The minimum atomic E-state index is -3.64. The van der Waals surface area contributed by atoms with Crippen LogP contribution in [0.15, 0.2) is 3.77 Å². The molecule has 0 bridgehead atoms. The highest BCUT2D eigenvalue weighted by atomic mass is 32.3. The van der Waals surface area contributed by atoms with Gasteiger partial charge in [0.25, 0.3) is 10.0 Å². The van der Waals surface area contributed by atoms with Crippen LogP contribution in [0, 0.1) is 0 Å². The summed E-state index contributed by atoms with van der Waals surface area (Å²) >= 11 is 0. The van der Waals surface area contributed by atoms with Crippen molar-refractivity contribution >= 4 is 25.8 Å². The highest BCUT2D eigenvalue weighted by Gasteiger charge is 2.27. The summed E-state index contributed by atoms with van der Waals surface area (Å²) in [6.07, 6.45) is 2.26. The standard InChI is InChI=1S/C11H20N2O6S2/c1-20(15,16)12-21(17)7-4-13(5-8-21)11(14)19-9-10-3-2-6-18-10/h10H,2-9H2,1H3. The van der Waals surface area contributed by atoms with Crippen LogP contribution in [0.4, 0.5) is 4.79 Å². The quantitative estimate of drug-likeness (QED) is 0.719. The first-order valence-corrected chi connectivity index (χ1v) is 10.4. The first kappa shape index (κ1) is 16.5. The molecule has 1 amide bonds. The maximum absolute atomic E-state index is 12.2. The Bertz CT molecular complexity index is 588. The van der Waals surface area contributed by atoms with Gasteiger partial charge in [-0.1, -0.05) is 0 Å². The Morgan fingerprint density at radius 1 is 1.43 bits per heavy atom. The second-order valence-electron chi connectivity index (χ2n) is 5.19. The van der Waals surface area contributed by atoms with E-state index >= 15 is 0 Å². The van der Waals surface area contributed by atoms with E-state index in [1.54, 1.807) is 0 Å². The molecular weight excluding hydrogens is 320 g/mol. The molecule has 0 aromatic rings. The normalized spacial score (nSPS) is 25.6. The topological polar surface area (TPSA) is 102 Å². The largest absolute Gasteiger partial charge is 0.447 e. The molecule has 0 aromatic carbocycles. The predicted molar refractivity (Wildman–Crippen MR) is 77.0 cm³/mol. The van der Waals surface area contributed by atoms with E-state index in [-0.39, 0.29) is 37.3 Å². The van der Waals surface area contributed by atoms with Gasteiger partial charge >= 0.3 is 6.09 Å². The third kappa shape index (κ3) is 5.11. The molecule has 122 valence electrons. The number of sulfonamides is 1. The van der Waals surface area contributed by atoms with E-state index in [0.717, 1.165) is 19.1 Å². The summed E-state index contributed by atoms with van der Waals surface area (Å²) in [5, 5.41) is 0. The molecule has 0 N–H and O–H groups in total. The molecule has 2 fully saturated rings. The smallest absolute Gasteiger partial charge is 0.409 e. The van der Waals surface area contributed by atoms with Crippen molar-refractivity contribution in [2.24, 2.45) is 3.77 Å². The van der Waals surface area contributed by atoms with Gasteiger partial charge in [-0.15, -0.1) is 3.77 Å². The maximum Gasteiger partial charge on any atom is 0.409 e. The third-order valence-electron chi connectivity index (χ3n) is 3.31. The van der Waals surface area contributed by atoms with Crippen LogP contribution in [0.3, 0.4) is 0 Å². The predicted octanol–water partition coefficient (Wildman–Crippen LogP) is 0.0452. The molecule has 0 saturated carbocycles. The van der Waals surface area contributed by atoms with Crippen molar-refractivity contribution in [2.75, 3.05) is 44.1 Å². The third-order valence-corrected chi connectivity index (χ3v) is 7.12. The zero-order valence-electron chi connectivity index (χ0n) is 11.9. The van der Waals surface area contributed by atoms with Crippen LogP contribution in [-0.4, -0.2) is 73.8 Å². The summed E-state index contributed by atoms with van der Waals surface area (Å²) in [5.74, 6) is 0.101. The fourth-order valence-corrected chi connectivity index (χ4v) is 6.04. The van der Waals surface area contributed by atoms with Crippen LogP contribution in [0.25, 0.3) is 0 Å². The zero-order valence-corrected chi connectivity index (χ0v) is 13.5. The van der Waals surface area contributed by atoms with Crippen molar-refractivity contribution in [3.63, 3.8) is 0 Å². The van der Waals surface area contributed by atoms with E-state index in [4.69, 9.17) is 9.47 Å². The molecule has 10 heteroatoms. The average Bonchev–Trinajstić information content (AvgIpc) is 2.87. The second kappa shape index (κ2) is 6.49. The van der Waals surface area contributed by atoms with Crippen LogP contribution >= 0.6 is 0 Å². The van der Waals surface area contributed by atoms with Gasteiger partial charge in [-0.25, -0.2) is 17.4 Å². The number of amides is 1. The van der Waals surface area contributed by atoms with Crippen molar-refractivity contribution in [1.82, 2.24) is 4.90 Å². The summed E-state index contributed by atoms with van der Waals surface area (Å²) < 4.78 is 48.3. The average molecular weight is 340 g/mol. The summed E-state index contributed by atoms with van der Waals surface area (Å²) in [6.45, 7) is 1.28. The van der Waals surface area contributed by atoms with E-state index in [9.17, 15) is 17.4 Å².